The van der Waals surface area contributed by atoms with Crippen LogP contribution in [0.25, 0.3) is 11.4 Å². The fourth-order valence-corrected chi connectivity index (χ4v) is 3.79. The van der Waals surface area contributed by atoms with E-state index in [0.717, 1.165) is 24.2 Å². The minimum Gasteiger partial charge on any atom is -0.349 e. The summed E-state index contributed by atoms with van der Waals surface area (Å²) in [6.07, 6.45) is 5.44. The van der Waals surface area contributed by atoms with Crippen LogP contribution >= 0.6 is 11.8 Å². The molecular formula is C21H22N6O2S. The summed E-state index contributed by atoms with van der Waals surface area (Å²) in [5.74, 6) is 0.536. The normalized spacial score (nSPS) is 13.1. The van der Waals surface area contributed by atoms with Gasteiger partial charge >= 0.3 is 0 Å². The number of aromatic nitrogens is 4. The van der Waals surface area contributed by atoms with Crippen LogP contribution in [-0.2, 0) is 11.3 Å². The molecule has 2 heterocycles. The number of rotatable bonds is 8. The lowest BCUT2D eigenvalue weighted by atomic mass is 10.1. The third-order valence-corrected chi connectivity index (χ3v) is 5.63. The average Bonchev–Trinajstić information content (AvgIpc) is 3.48. The van der Waals surface area contributed by atoms with Crippen LogP contribution in [0.15, 0.2) is 53.9 Å². The van der Waals surface area contributed by atoms with E-state index in [-0.39, 0.29) is 23.6 Å². The Morgan fingerprint density at radius 1 is 1.13 bits per heavy atom. The minimum atomic E-state index is -0.206. The summed E-state index contributed by atoms with van der Waals surface area (Å²) in [6, 6.07) is 11.0. The Morgan fingerprint density at radius 2 is 1.90 bits per heavy atom. The van der Waals surface area contributed by atoms with Gasteiger partial charge in [-0.3, -0.25) is 14.6 Å². The van der Waals surface area contributed by atoms with E-state index in [0.29, 0.717) is 23.0 Å². The Bertz CT molecular complexity index is 1050. The quantitative estimate of drug-likeness (QED) is 0.541. The monoisotopic (exact) mass is 422 g/mol. The Morgan fingerprint density at radius 3 is 2.63 bits per heavy atom. The summed E-state index contributed by atoms with van der Waals surface area (Å²) in [4.78, 5) is 29.0. The van der Waals surface area contributed by atoms with Crippen molar-refractivity contribution in [1.29, 1.82) is 0 Å². The lowest BCUT2D eigenvalue weighted by Gasteiger charge is -2.11. The molecule has 2 amide bonds. The first-order valence-corrected chi connectivity index (χ1v) is 10.8. The number of hydrogen-bond donors (Lipinski definition) is 2. The molecule has 1 saturated carbocycles. The van der Waals surface area contributed by atoms with Crippen LogP contribution in [0.4, 0.5) is 5.69 Å². The molecule has 0 saturated heterocycles. The van der Waals surface area contributed by atoms with Gasteiger partial charge in [-0.2, -0.15) is 0 Å². The maximum atomic E-state index is 12.5. The Hall–Kier alpha value is -3.20. The number of nitrogens with one attached hydrogen (secondary N) is 2. The van der Waals surface area contributed by atoms with Crippen LogP contribution in [0, 0.1) is 0 Å². The van der Waals surface area contributed by atoms with Crippen molar-refractivity contribution in [3.05, 3.63) is 54.4 Å². The van der Waals surface area contributed by atoms with E-state index >= 15 is 0 Å². The molecule has 0 unspecified atom stereocenters. The zero-order valence-electron chi connectivity index (χ0n) is 16.5. The average molecular weight is 423 g/mol. The van der Waals surface area contributed by atoms with Crippen LogP contribution in [0.2, 0.25) is 0 Å². The number of carbonyl (C=O) groups excluding carboxylic acids is 2. The molecular weight excluding hydrogens is 400 g/mol. The van der Waals surface area contributed by atoms with Crippen LogP contribution in [0.1, 0.15) is 30.1 Å². The number of benzene rings is 1. The first-order valence-electron chi connectivity index (χ1n) is 9.82. The van der Waals surface area contributed by atoms with Crippen molar-refractivity contribution < 1.29 is 9.59 Å². The first-order chi connectivity index (χ1) is 14.7. The maximum Gasteiger partial charge on any atom is 0.253 e. The van der Waals surface area contributed by atoms with E-state index in [1.807, 2.05) is 23.6 Å². The van der Waals surface area contributed by atoms with Gasteiger partial charge in [-0.15, -0.1) is 10.2 Å². The smallest absolute Gasteiger partial charge is 0.253 e. The van der Waals surface area contributed by atoms with Gasteiger partial charge < -0.3 is 15.2 Å². The maximum absolute atomic E-state index is 12.5. The van der Waals surface area contributed by atoms with Gasteiger partial charge in [0.05, 0.1) is 17.0 Å². The highest BCUT2D eigenvalue weighted by Crippen LogP contribution is 2.24. The van der Waals surface area contributed by atoms with E-state index in [9.17, 15) is 9.59 Å². The predicted octanol–water partition coefficient (Wildman–Crippen LogP) is 2.98. The van der Waals surface area contributed by atoms with Crippen molar-refractivity contribution in [1.82, 2.24) is 25.1 Å². The van der Waals surface area contributed by atoms with Gasteiger partial charge in [0.2, 0.25) is 5.91 Å². The molecule has 0 atom stereocenters. The second-order valence-electron chi connectivity index (χ2n) is 6.92. The number of thioether (sulfide) groups is 1. The third kappa shape index (κ3) is 4.68. The van der Waals surface area contributed by atoms with Gasteiger partial charge in [-0.25, -0.2) is 0 Å². The Balaban J connectivity index is 1.41. The number of pyridine rings is 1. The number of para-hydroxylation sites is 1. The number of carbonyl (C=O) groups is 2. The van der Waals surface area contributed by atoms with E-state index in [4.69, 9.17) is 0 Å². The first kappa shape index (κ1) is 20.1. The fourth-order valence-electron chi connectivity index (χ4n) is 2.99. The molecule has 0 spiro atoms. The van der Waals surface area contributed by atoms with Gasteiger partial charge in [-0.1, -0.05) is 23.9 Å². The Labute approximate surface area is 178 Å². The van der Waals surface area contributed by atoms with Gasteiger partial charge in [-0.05, 0) is 44.0 Å². The molecule has 154 valence electrons. The van der Waals surface area contributed by atoms with Crippen LogP contribution in [0.3, 0.4) is 0 Å². The van der Waals surface area contributed by atoms with Crippen LogP contribution in [-0.4, -0.2) is 43.4 Å². The number of hydrogen-bond acceptors (Lipinski definition) is 6. The van der Waals surface area contributed by atoms with Gasteiger partial charge in [0, 0.05) is 30.5 Å². The number of nitrogens with zero attached hydrogens (tertiary/aromatic N) is 4. The molecule has 0 radical (unpaired) electrons. The van der Waals surface area contributed by atoms with Crippen molar-refractivity contribution in [3.63, 3.8) is 0 Å². The standard InChI is InChI=1S/C21H22N6O2S/c1-2-27-19(14-9-11-22-12-10-14)25-26-21(27)30-13-18(28)24-17-6-4-3-5-16(17)20(29)23-15-7-8-15/h3-6,9-12,15H,2,7-8,13H2,1H3,(H,23,29)(H,24,28). The lowest BCUT2D eigenvalue weighted by Crippen LogP contribution is -2.27. The highest BCUT2D eigenvalue weighted by atomic mass is 32.2. The molecule has 0 bridgehead atoms. The van der Waals surface area contributed by atoms with Crippen LogP contribution in [0.5, 0.6) is 0 Å². The molecule has 0 aliphatic heterocycles. The molecule has 30 heavy (non-hydrogen) atoms. The van der Waals surface area contributed by atoms with Crippen molar-refractivity contribution >= 4 is 29.3 Å². The SMILES string of the molecule is CCn1c(SCC(=O)Nc2ccccc2C(=O)NC2CC2)nnc1-c1ccncc1. The van der Waals surface area contributed by atoms with E-state index in [1.54, 1.807) is 36.7 Å². The molecule has 1 aliphatic rings. The summed E-state index contributed by atoms with van der Waals surface area (Å²) in [6.45, 7) is 2.69. The molecule has 4 rings (SSSR count). The van der Waals surface area contributed by atoms with Gasteiger partial charge in [0.1, 0.15) is 0 Å². The predicted molar refractivity (Wildman–Crippen MR) is 115 cm³/mol. The molecule has 8 nitrogen and oxygen atoms in total. The number of anilines is 1. The van der Waals surface area contributed by atoms with E-state index < -0.39 is 0 Å². The summed E-state index contributed by atoms with van der Waals surface area (Å²) >= 11 is 1.31. The molecule has 3 aromatic rings. The second kappa shape index (κ2) is 9.08. The molecule has 1 aliphatic carbocycles. The zero-order valence-corrected chi connectivity index (χ0v) is 17.4. The number of amides is 2. The summed E-state index contributed by atoms with van der Waals surface area (Å²) in [7, 11) is 0. The van der Waals surface area contributed by atoms with Crippen molar-refractivity contribution in [3.8, 4) is 11.4 Å². The molecule has 1 aromatic carbocycles. The summed E-state index contributed by atoms with van der Waals surface area (Å²) in [5.41, 5.74) is 1.90. The van der Waals surface area contributed by atoms with E-state index in [2.05, 4.69) is 25.8 Å². The fraction of sp³-hybridized carbons (Fsp3) is 0.286. The molecule has 1 fully saturated rings. The third-order valence-electron chi connectivity index (χ3n) is 4.66. The minimum absolute atomic E-state index is 0.159. The van der Waals surface area contributed by atoms with Gasteiger partial charge in [0.25, 0.3) is 5.91 Å². The van der Waals surface area contributed by atoms with Crippen molar-refractivity contribution in [2.75, 3.05) is 11.1 Å². The Kier molecular flexibility index (Phi) is 6.08. The highest BCUT2D eigenvalue weighted by Gasteiger charge is 2.25. The van der Waals surface area contributed by atoms with E-state index in [1.165, 1.54) is 11.8 Å². The van der Waals surface area contributed by atoms with Crippen molar-refractivity contribution in [2.45, 2.75) is 37.5 Å². The zero-order chi connectivity index (χ0) is 20.9. The molecule has 9 heteroatoms. The largest absolute Gasteiger partial charge is 0.349 e. The van der Waals surface area contributed by atoms with Crippen LogP contribution < -0.4 is 10.6 Å². The molecule has 2 aromatic heterocycles. The van der Waals surface area contributed by atoms with Crippen molar-refractivity contribution in [2.24, 2.45) is 0 Å². The van der Waals surface area contributed by atoms with Gasteiger partial charge in [0.15, 0.2) is 11.0 Å². The summed E-state index contributed by atoms with van der Waals surface area (Å²) in [5, 5.41) is 15.0. The summed E-state index contributed by atoms with van der Waals surface area (Å²) < 4.78 is 1.96. The molecule has 2 N–H and O–H groups in total. The second-order valence-corrected chi connectivity index (χ2v) is 7.86. The lowest BCUT2D eigenvalue weighted by molar-refractivity contribution is -0.113. The topological polar surface area (TPSA) is 102 Å². The highest BCUT2D eigenvalue weighted by molar-refractivity contribution is 7.99.